The lowest BCUT2D eigenvalue weighted by Crippen LogP contribution is -2.09. The number of aryl methyl sites for hydroxylation is 1. The van der Waals surface area contributed by atoms with Crippen molar-refractivity contribution in [3.05, 3.63) is 40.8 Å². The molecule has 1 fully saturated rings. The molecule has 0 bridgehead atoms. The first-order chi connectivity index (χ1) is 12.2. The Labute approximate surface area is 152 Å². The SMILES string of the molecule is COc1cc(-n2ncc3cc(C)c(C4CCCCC4)nc32)cc(Cl)n1. The summed E-state index contributed by atoms with van der Waals surface area (Å²) in [6.07, 6.45) is 8.22. The molecule has 0 atom stereocenters. The minimum absolute atomic E-state index is 0.373. The van der Waals surface area contributed by atoms with Crippen LogP contribution in [0.4, 0.5) is 0 Å². The molecular weight excluding hydrogens is 336 g/mol. The highest BCUT2D eigenvalue weighted by molar-refractivity contribution is 6.29. The summed E-state index contributed by atoms with van der Waals surface area (Å²) in [4.78, 5) is 9.15. The molecule has 0 aromatic carbocycles. The summed E-state index contributed by atoms with van der Waals surface area (Å²) >= 11 is 6.12. The average Bonchev–Trinajstić information content (AvgIpc) is 3.03. The molecule has 5 nitrogen and oxygen atoms in total. The lowest BCUT2D eigenvalue weighted by Gasteiger charge is -2.22. The number of nitrogens with zero attached hydrogens (tertiary/aromatic N) is 4. The molecule has 25 heavy (non-hydrogen) atoms. The summed E-state index contributed by atoms with van der Waals surface area (Å²) in [6.45, 7) is 2.15. The van der Waals surface area contributed by atoms with E-state index >= 15 is 0 Å². The fraction of sp³-hybridized carbons (Fsp3) is 0.421. The van der Waals surface area contributed by atoms with Gasteiger partial charge in [-0.3, -0.25) is 0 Å². The standard InChI is InChI=1S/C19H21ClN4O/c1-12-8-14-11-21-24(15-9-16(20)22-17(10-15)25-2)19(14)23-18(12)13-6-4-3-5-7-13/h8-11,13H,3-7H2,1-2H3. The molecule has 0 amide bonds. The summed E-state index contributed by atoms with van der Waals surface area (Å²) in [5, 5.41) is 5.93. The van der Waals surface area contributed by atoms with Gasteiger partial charge in [0, 0.05) is 29.1 Å². The Balaban J connectivity index is 1.84. The van der Waals surface area contributed by atoms with Crippen LogP contribution in [0.5, 0.6) is 5.88 Å². The molecule has 0 aliphatic heterocycles. The number of hydrogen-bond donors (Lipinski definition) is 0. The van der Waals surface area contributed by atoms with Gasteiger partial charge in [-0.25, -0.2) is 14.6 Å². The molecule has 130 valence electrons. The molecule has 1 aliphatic rings. The Morgan fingerprint density at radius 3 is 2.68 bits per heavy atom. The minimum atomic E-state index is 0.373. The summed E-state index contributed by atoms with van der Waals surface area (Å²) in [5.41, 5.74) is 4.12. The van der Waals surface area contributed by atoms with Crippen LogP contribution in [-0.2, 0) is 0 Å². The first-order valence-corrected chi connectivity index (χ1v) is 9.11. The maximum Gasteiger partial charge on any atom is 0.216 e. The maximum absolute atomic E-state index is 6.12. The van der Waals surface area contributed by atoms with Crippen LogP contribution in [0.1, 0.15) is 49.3 Å². The van der Waals surface area contributed by atoms with Crippen molar-refractivity contribution in [3.63, 3.8) is 0 Å². The number of pyridine rings is 2. The highest BCUT2D eigenvalue weighted by Gasteiger charge is 2.20. The molecule has 3 heterocycles. The highest BCUT2D eigenvalue weighted by Crippen LogP contribution is 2.34. The number of aromatic nitrogens is 4. The van der Waals surface area contributed by atoms with Crippen molar-refractivity contribution in [2.45, 2.75) is 44.9 Å². The first kappa shape index (κ1) is 16.3. The number of rotatable bonds is 3. The van der Waals surface area contributed by atoms with E-state index in [1.807, 2.05) is 16.9 Å². The molecule has 0 N–H and O–H groups in total. The zero-order valence-electron chi connectivity index (χ0n) is 14.5. The third-order valence-electron chi connectivity index (χ3n) is 4.97. The van der Waals surface area contributed by atoms with E-state index in [-0.39, 0.29) is 0 Å². The van der Waals surface area contributed by atoms with Crippen LogP contribution >= 0.6 is 11.6 Å². The largest absolute Gasteiger partial charge is 0.481 e. The Kier molecular flexibility index (Phi) is 4.34. The molecule has 4 rings (SSSR count). The normalized spacial score (nSPS) is 15.6. The molecule has 6 heteroatoms. The second-order valence-corrected chi connectivity index (χ2v) is 7.07. The van der Waals surface area contributed by atoms with Gasteiger partial charge in [0.05, 0.1) is 19.0 Å². The lowest BCUT2D eigenvalue weighted by molar-refractivity contribution is 0.397. The third kappa shape index (κ3) is 3.09. The molecule has 0 radical (unpaired) electrons. The summed E-state index contributed by atoms with van der Waals surface area (Å²) in [6, 6.07) is 5.79. The van der Waals surface area contributed by atoms with E-state index in [4.69, 9.17) is 21.3 Å². The molecule has 3 aromatic heterocycles. The summed E-state index contributed by atoms with van der Waals surface area (Å²) in [7, 11) is 1.58. The van der Waals surface area contributed by atoms with Crippen molar-refractivity contribution in [3.8, 4) is 11.6 Å². The quantitative estimate of drug-likeness (QED) is 0.630. The van der Waals surface area contributed by atoms with E-state index in [1.165, 1.54) is 43.4 Å². The monoisotopic (exact) mass is 356 g/mol. The van der Waals surface area contributed by atoms with E-state index in [2.05, 4.69) is 23.1 Å². The van der Waals surface area contributed by atoms with Gasteiger partial charge in [-0.15, -0.1) is 0 Å². The van der Waals surface area contributed by atoms with Crippen LogP contribution in [0.15, 0.2) is 24.4 Å². The minimum Gasteiger partial charge on any atom is -0.481 e. The van der Waals surface area contributed by atoms with Gasteiger partial charge in [0.1, 0.15) is 5.15 Å². The number of ether oxygens (including phenoxy) is 1. The van der Waals surface area contributed by atoms with Crippen LogP contribution in [0.25, 0.3) is 16.7 Å². The van der Waals surface area contributed by atoms with E-state index < -0.39 is 0 Å². The van der Waals surface area contributed by atoms with E-state index in [1.54, 1.807) is 13.2 Å². The van der Waals surface area contributed by atoms with Crippen LogP contribution in [0.2, 0.25) is 5.15 Å². The number of halogens is 1. The smallest absolute Gasteiger partial charge is 0.216 e. The van der Waals surface area contributed by atoms with Crippen LogP contribution < -0.4 is 4.74 Å². The van der Waals surface area contributed by atoms with Gasteiger partial charge in [-0.05, 0) is 31.4 Å². The van der Waals surface area contributed by atoms with Gasteiger partial charge in [0.15, 0.2) is 5.65 Å². The summed E-state index contributed by atoms with van der Waals surface area (Å²) < 4.78 is 7.04. The number of hydrogen-bond acceptors (Lipinski definition) is 4. The fourth-order valence-electron chi connectivity index (χ4n) is 3.74. The van der Waals surface area contributed by atoms with Crippen molar-refractivity contribution in [2.75, 3.05) is 7.11 Å². The molecule has 1 saturated carbocycles. The van der Waals surface area contributed by atoms with E-state index in [9.17, 15) is 0 Å². The lowest BCUT2D eigenvalue weighted by atomic mass is 9.85. The Bertz CT molecular complexity index is 915. The van der Waals surface area contributed by atoms with E-state index in [0.717, 1.165) is 16.7 Å². The highest BCUT2D eigenvalue weighted by atomic mass is 35.5. The predicted octanol–water partition coefficient (Wildman–Crippen LogP) is 4.83. The van der Waals surface area contributed by atoms with Crippen molar-refractivity contribution in [2.24, 2.45) is 0 Å². The number of methoxy groups -OCH3 is 1. The van der Waals surface area contributed by atoms with Crippen molar-refractivity contribution < 1.29 is 4.74 Å². The second-order valence-electron chi connectivity index (χ2n) is 6.69. The molecular formula is C19H21ClN4O. The fourth-order valence-corrected chi connectivity index (χ4v) is 3.94. The van der Waals surface area contributed by atoms with Crippen molar-refractivity contribution in [1.82, 2.24) is 19.7 Å². The van der Waals surface area contributed by atoms with Gasteiger partial charge in [-0.1, -0.05) is 30.9 Å². The van der Waals surface area contributed by atoms with E-state index in [0.29, 0.717) is 17.0 Å². The summed E-state index contributed by atoms with van der Waals surface area (Å²) in [5.74, 6) is 1.02. The average molecular weight is 357 g/mol. The molecule has 1 aliphatic carbocycles. The van der Waals surface area contributed by atoms with Gasteiger partial charge < -0.3 is 4.74 Å². The topological polar surface area (TPSA) is 52.8 Å². The van der Waals surface area contributed by atoms with Crippen LogP contribution in [0, 0.1) is 6.92 Å². The Morgan fingerprint density at radius 1 is 1.12 bits per heavy atom. The Morgan fingerprint density at radius 2 is 1.92 bits per heavy atom. The van der Waals surface area contributed by atoms with Crippen LogP contribution in [0.3, 0.4) is 0 Å². The zero-order valence-corrected chi connectivity index (χ0v) is 15.3. The predicted molar refractivity (Wildman–Crippen MR) is 98.8 cm³/mol. The number of fused-ring (bicyclic) bond motifs is 1. The zero-order chi connectivity index (χ0) is 17.4. The maximum atomic E-state index is 6.12. The second kappa shape index (κ2) is 6.64. The van der Waals surface area contributed by atoms with Crippen LogP contribution in [-0.4, -0.2) is 26.9 Å². The Hall–Kier alpha value is -2.14. The van der Waals surface area contributed by atoms with Crippen molar-refractivity contribution in [1.29, 1.82) is 0 Å². The van der Waals surface area contributed by atoms with Gasteiger partial charge in [-0.2, -0.15) is 5.10 Å². The van der Waals surface area contributed by atoms with Gasteiger partial charge >= 0.3 is 0 Å². The van der Waals surface area contributed by atoms with Gasteiger partial charge in [0.25, 0.3) is 0 Å². The first-order valence-electron chi connectivity index (χ1n) is 8.73. The van der Waals surface area contributed by atoms with Crippen molar-refractivity contribution >= 4 is 22.6 Å². The molecule has 0 spiro atoms. The van der Waals surface area contributed by atoms with Gasteiger partial charge in [0.2, 0.25) is 5.88 Å². The third-order valence-corrected chi connectivity index (χ3v) is 5.17. The molecule has 0 unspecified atom stereocenters. The molecule has 3 aromatic rings. The molecule has 0 saturated heterocycles.